The lowest BCUT2D eigenvalue weighted by molar-refractivity contribution is -0.119. The molecule has 3 N–H and O–H groups in total. The minimum absolute atomic E-state index is 0.0930. The van der Waals surface area contributed by atoms with Crippen LogP contribution in [0.5, 0.6) is 0 Å². The molecule has 0 radical (unpaired) electrons. The lowest BCUT2D eigenvalue weighted by Gasteiger charge is -2.42. The first-order valence-corrected chi connectivity index (χ1v) is 10.4. The first kappa shape index (κ1) is 20.7. The lowest BCUT2D eigenvalue weighted by atomic mass is 10.0. The van der Waals surface area contributed by atoms with Gasteiger partial charge in [0.15, 0.2) is 0 Å². The van der Waals surface area contributed by atoms with Gasteiger partial charge in [0.1, 0.15) is 6.04 Å². The van der Waals surface area contributed by atoms with Crippen molar-refractivity contribution in [3.63, 3.8) is 0 Å². The molecule has 31 heavy (non-hydrogen) atoms. The van der Waals surface area contributed by atoms with E-state index in [9.17, 15) is 4.79 Å². The van der Waals surface area contributed by atoms with Gasteiger partial charge in [0.2, 0.25) is 11.9 Å². The van der Waals surface area contributed by atoms with Gasteiger partial charge in [-0.1, -0.05) is 12.1 Å². The molecular weight excluding hydrogens is 388 g/mol. The van der Waals surface area contributed by atoms with Gasteiger partial charge >= 0.3 is 0 Å². The van der Waals surface area contributed by atoms with E-state index < -0.39 is 0 Å². The summed E-state index contributed by atoms with van der Waals surface area (Å²) in [6.45, 7) is 8.13. The Labute approximate surface area is 182 Å². The van der Waals surface area contributed by atoms with E-state index >= 15 is 0 Å². The predicted molar refractivity (Wildman–Crippen MR) is 127 cm³/mol. The molecule has 1 aliphatic rings. The zero-order chi connectivity index (χ0) is 22.3. The number of amides is 1. The van der Waals surface area contributed by atoms with E-state index in [-0.39, 0.29) is 18.0 Å². The van der Waals surface area contributed by atoms with Crippen molar-refractivity contribution in [1.29, 1.82) is 0 Å². The van der Waals surface area contributed by atoms with E-state index in [1.165, 1.54) is 0 Å². The van der Waals surface area contributed by atoms with Gasteiger partial charge in [-0.25, -0.2) is 9.97 Å². The summed E-state index contributed by atoms with van der Waals surface area (Å²) in [5.41, 5.74) is 12.4. The van der Waals surface area contributed by atoms with Crippen LogP contribution in [0.1, 0.15) is 26.3 Å². The molecular formula is C24H28N6O. The summed E-state index contributed by atoms with van der Waals surface area (Å²) in [5, 5.41) is 3.32. The van der Waals surface area contributed by atoms with E-state index in [1.807, 2.05) is 57.3 Å². The maximum absolute atomic E-state index is 12.6. The maximum Gasteiger partial charge on any atom is 0.249 e. The van der Waals surface area contributed by atoms with Crippen molar-refractivity contribution >= 4 is 34.6 Å². The standard InChI is InChI=1S/C24H28N6O/c1-14(2)30-16(4)23(31)29(5)21-10-9-17(13-22(21)30)27-24-26-12-11-20(28-24)18-7-6-8-19(25)15(18)3/h6-14,16H,25H2,1-5H3,(H,26,27,28)/t16-/m1/s1. The fraction of sp³-hybridized carbons (Fsp3) is 0.292. The quantitative estimate of drug-likeness (QED) is 0.615. The van der Waals surface area contributed by atoms with Crippen molar-refractivity contribution < 1.29 is 4.79 Å². The Kier molecular flexibility index (Phi) is 5.27. The second-order valence-corrected chi connectivity index (χ2v) is 8.19. The third-order valence-corrected chi connectivity index (χ3v) is 5.84. The molecule has 4 rings (SSSR count). The van der Waals surface area contributed by atoms with Crippen LogP contribution < -0.4 is 20.9 Å². The van der Waals surface area contributed by atoms with Crippen molar-refractivity contribution in [2.75, 3.05) is 27.9 Å². The van der Waals surface area contributed by atoms with Crippen molar-refractivity contribution in [1.82, 2.24) is 9.97 Å². The van der Waals surface area contributed by atoms with Crippen LogP contribution in [0.15, 0.2) is 48.7 Å². The number of benzene rings is 2. The molecule has 2 heterocycles. The number of hydrogen-bond acceptors (Lipinski definition) is 6. The van der Waals surface area contributed by atoms with Crippen LogP contribution in [-0.2, 0) is 4.79 Å². The van der Waals surface area contributed by atoms with Gasteiger partial charge in [-0.05, 0) is 63.6 Å². The first-order chi connectivity index (χ1) is 14.8. The van der Waals surface area contributed by atoms with E-state index in [2.05, 4.69) is 35.1 Å². The number of nitrogens with zero attached hydrogens (tertiary/aromatic N) is 4. The van der Waals surface area contributed by atoms with Crippen molar-refractivity contribution in [3.8, 4) is 11.3 Å². The summed E-state index contributed by atoms with van der Waals surface area (Å²) in [6.07, 6.45) is 1.74. The third kappa shape index (κ3) is 3.67. The van der Waals surface area contributed by atoms with Crippen molar-refractivity contribution in [2.24, 2.45) is 0 Å². The number of carbonyl (C=O) groups excluding carboxylic acids is 1. The number of fused-ring (bicyclic) bond motifs is 1. The summed E-state index contributed by atoms with van der Waals surface area (Å²) in [5.74, 6) is 0.596. The van der Waals surface area contributed by atoms with Gasteiger partial charge in [0.25, 0.3) is 0 Å². The summed E-state index contributed by atoms with van der Waals surface area (Å²) >= 11 is 0. The molecule has 0 saturated heterocycles. The largest absolute Gasteiger partial charge is 0.398 e. The predicted octanol–water partition coefficient (Wildman–Crippen LogP) is 4.36. The maximum atomic E-state index is 12.6. The molecule has 2 aromatic carbocycles. The zero-order valence-electron chi connectivity index (χ0n) is 18.5. The Morgan fingerprint density at radius 1 is 1.13 bits per heavy atom. The average molecular weight is 417 g/mol. The Morgan fingerprint density at radius 3 is 2.65 bits per heavy atom. The molecule has 0 bridgehead atoms. The van der Waals surface area contributed by atoms with Gasteiger partial charge in [0, 0.05) is 36.2 Å². The van der Waals surface area contributed by atoms with Crippen LogP contribution in [0.25, 0.3) is 11.3 Å². The zero-order valence-corrected chi connectivity index (χ0v) is 18.5. The fourth-order valence-corrected chi connectivity index (χ4v) is 4.17. The monoisotopic (exact) mass is 416 g/mol. The average Bonchev–Trinajstić information content (AvgIpc) is 2.74. The number of likely N-dealkylation sites (N-methyl/N-ethyl adjacent to an activating group) is 1. The van der Waals surface area contributed by atoms with Crippen LogP contribution in [-0.4, -0.2) is 35.0 Å². The number of hydrogen-bond donors (Lipinski definition) is 2. The van der Waals surface area contributed by atoms with Gasteiger partial charge < -0.3 is 20.9 Å². The summed E-state index contributed by atoms with van der Waals surface area (Å²) in [4.78, 5) is 25.6. The second kappa shape index (κ2) is 7.91. The van der Waals surface area contributed by atoms with E-state index in [1.54, 1.807) is 11.1 Å². The third-order valence-electron chi connectivity index (χ3n) is 5.84. The van der Waals surface area contributed by atoms with Crippen molar-refractivity contribution in [2.45, 2.75) is 39.8 Å². The molecule has 3 aromatic rings. The highest BCUT2D eigenvalue weighted by Gasteiger charge is 2.34. The minimum Gasteiger partial charge on any atom is -0.398 e. The Bertz CT molecular complexity index is 1140. The van der Waals surface area contributed by atoms with Gasteiger partial charge in [0.05, 0.1) is 17.1 Å². The van der Waals surface area contributed by atoms with Crippen LogP contribution in [0.3, 0.4) is 0 Å². The van der Waals surface area contributed by atoms with E-state index in [4.69, 9.17) is 10.7 Å². The van der Waals surface area contributed by atoms with Crippen molar-refractivity contribution in [3.05, 3.63) is 54.2 Å². The molecule has 0 fully saturated rings. The van der Waals surface area contributed by atoms with Crippen LogP contribution in [0, 0.1) is 6.92 Å². The smallest absolute Gasteiger partial charge is 0.249 e. The van der Waals surface area contributed by atoms with Crippen LogP contribution in [0.4, 0.5) is 28.7 Å². The Hall–Kier alpha value is -3.61. The van der Waals surface area contributed by atoms with Gasteiger partial charge in [-0.2, -0.15) is 0 Å². The number of nitrogen functional groups attached to an aromatic ring is 1. The molecule has 1 aromatic heterocycles. The summed E-state index contributed by atoms with van der Waals surface area (Å²) < 4.78 is 0. The molecule has 160 valence electrons. The normalized spacial score (nSPS) is 15.9. The van der Waals surface area contributed by atoms with Gasteiger partial charge in [-0.3, -0.25) is 4.79 Å². The summed E-state index contributed by atoms with van der Waals surface area (Å²) in [7, 11) is 1.82. The summed E-state index contributed by atoms with van der Waals surface area (Å²) in [6, 6.07) is 13.6. The van der Waals surface area contributed by atoms with Crippen LogP contribution >= 0.6 is 0 Å². The Balaban J connectivity index is 1.69. The molecule has 1 aliphatic heterocycles. The van der Waals surface area contributed by atoms with Gasteiger partial charge in [-0.15, -0.1) is 0 Å². The highest BCUT2D eigenvalue weighted by Crippen LogP contribution is 2.39. The number of nitrogens with one attached hydrogen (secondary N) is 1. The molecule has 7 heteroatoms. The first-order valence-electron chi connectivity index (χ1n) is 10.4. The molecule has 0 aliphatic carbocycles. The second-order valence-electron chi connectivity index (χ2n) is 8.19. The number of rotatable bonds is 4. The van der Waals surface area contributed by atoms with E-state index in [0.29, 0.717) is 5.95 Å². The Morgan fingerprint density at radius 2 is 1.90 bits per heavy atom. The number of nitrogens with two attached hydrogens (primary N) is 1. The highest BCUT2D eigenvalue weighted by atomic mass is 16.2. The molecule has 7 nitrogen and oxygen atoms in total. The lowest BCUT2D eigenvalue weighted by Crippen LogP contribution is -2.53. The fourth-order valence-electron chi connectivity index (χ4n) is 4.17. The topological polar surface area (TPSA) is 87.4 Å². The molecule has 1 amide bonds. The highest BCUT2D eigenvalue weighted by molar-refractivity contribution is 6.05. The number of aromatic nitrogens is 2. The molecule has 0 spiro atoms. The number of carbonyl (C=O) groups is 1. The molecule has 0 saturated carbocycles. The van der Waals surface area contributed by atoms with E-state index in [0.717, 1.165) is 39.6 Å². The molecule has 0 unspecified atom stereocenters. The van der Waals surface area contributed by atoms with Crippen LogP contribution in [0.2, 0.25) is 0 Å². The molecule has 1 atom stereocenters. The minimum atomic E-state index is -0.223. The SMILES string of the molecule is Cc1c(N)cccc1-c1ccnc(Nc2ccc3c(c2)N(C(C)C)[C@H](C)C(=O)N3C)n1. The number of anilines is 5.